The Morgan fingerprint density at radius 1 is 1.00 bits per heavy atom. The lowest BCUT2D eigenvalue weighted by Gasteiger charge is -2.06. The molecule has 0 atom stereocenters. The van der Waals surface area contributed by atoms with Crippen LogP contribution in [0.15, 0.2) is 70.5 Å². The summed E-state index contributed by atoms with van der Waals surface area (Å²) in [4.78, 5) is 12.4. The third-order valence-electron chi connectivity index (χ3n) is 4.00. The first-order valence-electron chi connectivity index (χ1n) is 7.63. The minimum Gasteiger partial charge on any atom is -0.326 e. The molecule has 0 unspecified atom stereocenters. The standard InChI is InChI=1S/C20H14BrNOS/c21-16-6-8-18-15(12-24-19(18)11-16)10-20(23)22-17-7-5-13-3-1-2-4-14(13)9-17/h1-9,11-12H,10H2,(H,22,23). The van der Waals surface area contributed by atoms with Crippen molar-refractivity contribution in [3.63, 3.8) is 0 Å². The molecule has 24 heavy (non-hydrogen) atoms. The Bertz CT molecular complexity index is 1050. The fourth-order valence-electron chi connectivity index (χ4n) is 2.84. The molecule has 118 valence electrons. The maximum absolute atomic E-state index is 12.4. The Kier molecular flexibility index (Phi) is 4.08. The van der Waals surface area contributed by atoms with E-state index in [1.807, 2.05) is 36.4 Å². The van der Waals surface area contributed by atoms with Crippen molar-refractivity contribution in [3.05, 3.63) is 76.1 Å². The van der Waals surface area contributed by atoms with E-state index in [1.54, 1.807) is 11.3 Å². The number of nitrogens with one attached hydrogen (secondary N) is 1. The largest absolute Gasteiger partial charge is 0.326 e. The zero-order valence-corrected chi connectivity index (χ0v) is 15.2. The van der Waals surface area contributed by atoms with E-state index in [-0.39, 0.29) is 5.91 Å². The third-order valence-corrected chi connectivity index (χ3v) is 5.49. The van der Waals surface area contributed by atoms with Crippen molar-refractivity contribution in [1.29, 1.82) is 0 Å². The highest BCUT2D eigenvalue weighted by molar-refractivity contribution is 9.10. The van der Waals surface area contributed by atoms with Crippen LogP contribution in [-0.4, -0.2) is 5.91 Å². The molecule has 1 heterocycles. The Morgan fingerprint density at radius 2 is 1.83 bits per heavy atom. The Labute approximate surface area is 152 Å². The molecule has 0 aliphatic carbocycles. The number of benzene rings is 3. The number of thiophene rings is 1. The predicted octanol–water partition coefficient (Wildman–Crippen LogP) is 6.00. The number of hydrogen-bond acceptors (Lipinski definition) is 2. The van der Waals surface area contributed by atoms with Crippen molar-refractivity contribution < 1.29 is 4.79 Å². The second-order valence-electron chi connectivity index (χ2n) is 5.69. The predicted molar refractivity (Wildman–Crippen MR) is 106 cm³/mol. The van der Waals surface area contributed by atoms with Crippen molar-refractivity contribution in [2.24, 2.45) is 0 Å². The van der Waals surface area contributed by atoms with Gasteiger partial charge in [0.2, 0.25) is 5.91 Å². The SMILES string of the molecule is O=C(Cc1csc2cc(Br)ccc12)Nc1ccc2ccccc2c1. The van der Waals surface area contributed by atoms with E-state index in [0.29, 0.717) is 6.42 Å². The molecule has 0 bridgehead atoms. The van der Waals surface area contributed by atoms with Gasteiger partial charge in [0.15, 0.2) is 0 Å². The van der Waals surface area contributed by atoms with Crippen LogP contribution >= 0.6 is 27.3 Å². The summed E-state index contributed by atoms with van der Waals surface area (Å²) in [7, 11) is 0. The molecule has 0 fully saturated rings. The van der Waals surface area contributed by atoms with Crippen LogP contribution in [-0.2, 0) is 11.2 Å². The van der Waals surface area contributed by atoms with E-state index in [1.165, 1.54) is 10.1 Å². The third kappa shape index (κ3) is 3.07. The molecule has 0 radical (unpaired) electrons. The Balaban J connectivity index is 1.54. The van der Waals surface area contributed by atoms with Gasteiger partial charge in [0.25, 0.3) is 0 Å². The van der Waals surface area contributed by atoms with Crippen LogP contribution in [0, 0.1) is 0 Å². The molecule has 1 aromatic heterocycles. The van der Waals surface area contributed by atoms with E-state index >= 15 is 0 Å². The van der Waals surface area contributed by atoms with Crippen molar-refractivity contribution in [2.45, 2.75) is 6.42 Å². The molecule has 2 nitrogen and oxygen atoms in total. The highest BCUT2D eigenvalue weighted by Crippen LogP contribution is 2.29. The van der Waals surface area contributed by atoms with E-state index in [0.717, 1.165) is 26.5 Å². The second-order valence-corrected chi connectivity index (χ2v) is 7.52. The zero-order valence-electron chi connectivity index (χ0n) is 12.8. The van der Waals surface area contributed by atoms with Crippen LogP contribution in [0.5, 0.6) is 0 Å². The molecule has 0 aliphatic heterocycles. The minimum atomic E-state index is 0.00731. The molecule has 3 aromatic carbocycles. The highest BCUT2D eigenvalue weighted by Gasteiger charge is 2.10. The summed E-state index contributed by atoms with van der Waals surface area (Å²) in [6, 6.07) is 20.3. The average Bonchev–Trinajstić information content (AvgIpc) is 2.96. The molecule has 4 aromatic rings. The van der Waals surface area contributed by atoms with Gasteiger partial charge in [-0.05, 0) is 51.4 Å². The highest BCUT2D eigenvalue weighted by atomic mass is 79.9. The van der Waals surface area contributed by atoms with Crippen molar-refractivity contribution in [2.75, 3.05) is 5.32 Å². The molecular formula is C20H14BrNOS. The van der Waals surface area contributed by atoms with E-state index in [9.17, 15) is 4.79 Å². The number of hydrogen-bond donors (Lipinski definition) is 1. The Morgan fingerprint density at radius 3 is 2.71 bits per heavy atom. The van der Waals surface area contributed by atoms with Gasteiger partial charge in [-0.15, -0.1) is 11.3 Å². The number of anilines is 1. The summed E-state index contributed by atoms with van der Waals surface area (Å²) >= 11 is 5.15. The summed E-state index contributed by atoms with van der Waals surface area (Å²) in [6.07, 6.45) is 0.383. The van der Waals surface area contributed by atoms with E-state index in [4.69, 9.17) is 0 Å². The number of fused-ring (bicyclic) bond motifs is 2. The van der Waals surface area contributed by atoms with Crippen LogP contribution in [0.1, 0.15) is 5.56 Å². The van der Waals surface area contributed by atoms with Crippen molar-refractivity contribution >= 4 is 59.7 Å². The van der Waals surface area contributed by atoms with Crippen LogP contribution in [0.2, 0.25) is 0 Å². The lowest BCUT2D eigenvalue weighted by atomic mass is 10.1. The lowest BCUT2D eigenvalue weighted by Crippen LogP contribution is -2.14. The van der Waals surface area contributed by atoms with Crippen LogP contribution < -0.4 is 5.32 Å². The second kappa shape index (κ2) is 6.38. The molecule has 0 spiro atoms. The first-order chi connectivity index (χ1) is 11.7. The molecule has 1 N–H and O–H groups in total. The molecule has 0 aliphatic rings. The monoisotopic (exact) mass is 395 g/mol. The smallest absolute Gasteiger partial charge is 0.228 e. The number of carbonyl (C=O) groups is 1. The van der Waals surface area contributed by atoms with Crippen LogP contribution in [0.25, 0.3) is 20.9 Å². The summed E-state index contributed by atoms with van der Waals surface area (Å²) < 4.78 is 2.25. The summed E-state index contributed by atoms with van der Waals surface area (Å²) in [5.41, 5.74) is 1.90. The fourth-order valence-corrected chi connectivity index (χ4v) is 4.35. The van der Waals surface area contributed by atoms with Gasteiger partial charge < -0.3 is 5.32 Å². The van der Waals surface area contributed by atoms with E-state index < -0.39 is 0 Å². The van der Waals surface area contributed by atoms with Gasteiger partial charge in [0, 0.05) is 14.9 Å². The molecule has 0 saturated heterocycles. The van der Waals surface area contributed by atoms with Crippen LogP contribution in [0.4, 0.5) is 5.69 Å². The average molecular weight is 396 g/mol. The number of rotatable bonds is 3. The maximum atomic E-state index is 12.4. The summed E-state index contributed by atoms with van der Waals surface area (Å²) in [5, 5.41) is 8.52. The quantitative estimate of drug-likeness (QED) is 0.452. The molecule has 1 amide bonds. The lowest BCUT2D eigenvalue weighted by molar-refractivity contribution is -0.115. The zero-order chi connectivity index (χ0) is 16.5. The number of carbonyl (C=O) groups excluding carboxylic acids is 1. The van der Waals surface area contributed by atoms with Gasteiger partial charge in [-0.25, -0.2) is 0 Å². The molecule has 0 saturated carbocycles. The van der Waals surface area contributed by atoms with Gasteiger partial charge in [0.05, 0.1) is 6.42 Å². The normalized spacial score (nSPS) is 11.0. The number of amides is 1. The summed E-state index contributed by atoms with van der Waals surface area (Å²) in [6.45, 7) is 0. The first-order valence-corrected chi connectivity index (χ1v) is 9.30. The fraction of sp³-hybridized carbons (Fsp3) is 0.0500. The summed E-state index contributed by atoms with van der Waals surface area (Å²) in [5.74, 6) is 0.00731. The van der Waals surface area contributed by atoms with Gasteiger partial charge >= 0.3 is 0 Å². The molecule has 4 heteroatoms. The maximum Gasteiger partial charge on any atom is 0.228 e. The van der Waals surface area contributed by atoms with Crippen molar-refractivity contribution in [1.82, 2.24) is 0 Å². The molecule has 4 rings (SSSR count). The van der Waals surface area contributed by atoms with E-state index in [2.05, 4.69) is 50.9 Å². The first kappa shape index (κ1) is 15.4. The van der Waals surface area contributed by atoms with Gasteiger partial charge in [-0.1, -0.05) is 52.3 Å². The minimum absolute atomic E-state index is 0.00731. The van der Waals surface area contributed by atoms with Crippen molar-refractivity contribution in [3.8, 4) is 0 Å². The topological polar surface area (TPSA) is 29.1 Å². The molecular weight excluding hydrogens is 382 g/mol. The Hall–Kier alpha value is -2.17. The van der Waals surface area contributed by atoms with Gasteiger partial charge in [-0.2, -0.15) is 0 Å². The van der Waals surface area contributed by atoms with Gasteiger partial charge in [0.1, 0.15) is 0 Å². The van der Waals surface area contributed by atoms with Gasteiger partial charge in [-0.3, -0.25) is 4.79 Å². The number of halogens is 1. The van der Waals surface area contributed by atoms with Crippen LogP contribution in [0.3, 0.4) is 0 Å².